The summed E-state index contributed by atoms with van der Waals surface area (Å²) in [7, 11) is 0. The molecule has 0 saturated heterocycles. The van der Waals surface area contributed by atoms with Crippen LogP contribution in [0.2, 0.25) is 0 Å². The van der Waals surface area contributed by atoms with Crippen molar-refractivity contribution in [3.63, 3.8) is 0 Å². The van der Waals surface area contributed by atoms with Gasteiger partial charge >= 0.3 is 0 Å². The molecule has 1 heterocycles. The maximum atomic E-state index is 5.47. The highest BCUT2D eigenvalue weighted by Crippen LogP contribution is 2.12. The third-order valence-electron chi connectivity index (χ3n) is 2.34. The van der Waals surface area contributed by atoms with Crippen LogP contribution in [0.4, 0.5) is 0 Å². The molecule has 13 heavy (non-hydrogen) atoms. The first kappa shape index (κ1) is 10.7. The Hall–Kier alpha value is -0.380. The molecule has 0 aliphatic rings. The second-order valence-electron chi connectivity index (χ2n) is 3.69. The smallest absolute Gasteiger partial charge is 0.0236 e. The molecular formula is C10H18N2S. The lowest BCUT2D eigenvalue weighted by atomic mass is 9.98. The number of hydrogen-bond donors (Lipinski definition) is 2. The summed E-state index contributed by atoms with van der Waals surface area (Å²) in [6.07, 6.45) is 2.24. The lowest BCUT2D eigenvalue weighted by Gasteiger charge is -2.19. The second-order valence-corrected chi connectivity index (χ2v) is 4.47. The van der Waals surface area contributed by atoms with Gasteiger partial charge in [-0.1, -0.05) is 13.8 Å². The number of nitrogens with two attached hydrogens (primary N) is 1. The first-order valence-electron chi connectivity index (χ1n) is 4.71. The molecule has 3 heteroatoms. The summed E-state index contributed by atoms with van der Waals surface area (Å²) >= 11 is 1.76. The van der Waals surface area contributed by atoms with Crippen molar-refractivity contribution in [2.75, 3.05) is 0 Å². The largest absolute Gasteiger partial charge is 0.271 e. The lowest BCUT2D eigenvalue weighted by Crippen LogP contribution is -2.39. The van der Waals surface area contributed by atoms with Crippen LogP contribution in [0.5, 0.6) is 0 Å². The van der Waals surface area contributed by atoms with Crippen molar-refractivity contribution in [2.45, 2.75) is 32.7 Å². The molecule has 0 bridgehead atoms. The number of aryl methyl sites for hydroxylation is 1. The fraction of sp³-hybridized carbons (Fsp3) is 0.600. The molecule has 0 aliphatic heterocycles. The highest BCUT2D eigenvalue weighted by Gasteiger charge is 2.10. The molecule has 0 radical (unpaired) electrons. The molecule has 0 saturated carbocycles. The molecule has 0 aromatic carbocycles. The first-order valence-corrected chi connectivity index (χ1v) is 5.65. The number of thiophene rings is 1. The van der Waals surface area contributed by atoms with E-state index in [0.717, 1.165) is 12.8 Å². The molecule has 2 nitrogen and oxygen atoms in total. The zero-order valence-electron chi connectivity index (χ0n) is 8.29. The zero-order chi connectivity index (χ0) is 9.68. The van der Waals surface area contributed by atoms with Crippen molar-refractivity contribution < 1.29 is 0 Å². The summed E-state index contributed by atoms with van der Waals surface area (Å²) < 4.78 is 0. The fourth-order valence-corrected chi connectivity index (χ4v) is 2.07. The Morgan fingerprint density at radius 2 is 2.31 bits per heavy atom. The Bertz CT molecular complexity index is 219. The van der Waals surface area contributed by atoms with Crippen LogP contribution >= 0.6 is 11.3 Å². The molecule has 3 N–H and O–H groups in total. The van der Waals surface area contributed by atoms with E-state index in [1.807, 2.05) is 0 Å². The van der Waals surface area contributed by atoms with Gasteiger partial charge in [0.2, 0.25) is 0 Å². The Balaban J connectivity index is 2.32. The van der Waals surface area contributed by atoms with E-state index in [-0.39, 0.29) is 0 Å². The van der Waals surface area contributed by atoms with Crippen LogP contribution in [0.25, 0.3) is 0 Å². The van der Waals surface area contributed by atoms with Crippen LogP contribution in [0.15, 0.2) is 16.8 Å². The molecule has 1 aromatic heterocycles. The van der Waals surface area contributed by atoms with E-state index in [1.54, 1.807) is 11.3 Å². The summed E-state index contributed by atoms with van der Waals surface area (Å²) in [5.41, 5.74) is 4.29. The summed E-state index contributed by atoms with van der Waals surface area (Å²) in [6.45, 7) is 4.39. The highest BCUT2D eigenvalue weighted by atomic mass is 32.1. The molecule has 0 amide bonds. The Morgan fingerprint density at radius 1 is 1.54 bits per heavy atom. The van der Waals surface area contributed by atoms with E-state index in [0.29, 0.717) is 12.0 Å². The van der Waals surface area contributed by atoms with Gasteiger partial charge in [0.05, 0.1) is 0 Å². The minimum absolute atomic E-state index is 0.430. The Labute approximate surface area is 84.1 Å². The van der Waals surface area contributed by atoms with Crippen LogP contribution in [-0.2, 0) is 6.42 Å². The van der Waals surface area contributed by atoms with E-state index >= 15 is 0 Å². The van der Waals surface area contributed by atoms with Crippen molar-refractivity contribution in [3.05, 3.63) is 22.4 Å². The van der Waals surface area contributed by atoms with E-state index < -0.39 is 0 Å². The first-order chi connectivity index (χ1) is 6.24. The molecule has 0 aliphatic carbocycles. The second kappa shape index (κ2) is 5.37. The van der Waals surface area contributed by atoms with E-state index in [4.69, 9.17) is 5.84 Å². The van der Waals surface area contributed by atoms with Crippen molar-refractivity contribution in [1.82, 2.24) is 5.43 Å². The molecule has 1 unspecified atom stereocenters. The average molecular weight is 198 g/mol. The van der Waals surface area contributed by atoms with Gasteiger partial charge in [-0.05, 0) is 41.1 Å². The van der Waals surface area contributed by atoms with Crippen LogP contribution in [-0.4, -0.2) is 6.04 Å². The van der Waals surface area contributed by atoms with Gasteiger partial charge in [0.25, 0.3) is 0 Å². The van der Waals surface area contributed by atoms with E-state index in [9.17, 15) is 0 Å². The zero-order valence-corrected chi connectivity index (χ0v) is 9.10. The number of hydrogen-bond acceptors (Lipinski definition) is 3. The Kier molecular flexibility index (Phi) is 4.42. The predicted molar refractivity (Wildman–Crippen MR) is 58.6 cm³/mol. The monoisotopic (exact) mass is 198 g/mol. The van der Waals surface area contributed by atoms with Gasteiger partial charge in [0.15, 0.2) is 0 Å². The lowest BCUT2D eigenvalue weighted by molar-refractivity contribution is 0.384. The van der Waals surface area contributed by atoms with Gasteiger partial charge in [0, 0.05) is 6.04 Å². The van der Waals surface area contributed by atoms with Crippen molar-refractivity contribution in [2.24, 2.45) is 11.8 Å². The molecule has 0 fully saturated rings. The van der Waals surface area contributed by atoms with E-state index in [1.165, 1.54) is 5.56 Å². The Morgan fingerprint density at radius 3 is 2.77 bits per heavy atom. The van der Waals surface area contributed by atoms with Crippen LogP contribution < -0.4 is 11.3 Å². The summed E-state index contributed by atoms with van der Waals surface area (Å²) in [5, 5.41) is 4.32. The van der Waals surface area contributed by atoms with Crippen molar-refractivity contribution >= 4 is 11.3 Å². The molecule has 0 spiro atoms. The van der Waals surface area contributed by atoms with Crippen molar-refractivity contribution in [1.29, 1.82) is 0 Å². The van der Waals surface area contributed by atoms with Gasteiger partial charge < -0.3 is 0 Å². The van der Waals surface area contributed by atoms with Crippen LogP contribution in [0, 0.1) is 5.92 Å². The van der Waals surface area contributed by atoms with Gasteiger partial charge in [-0.3, -0.25) is 11.3 Å². The van der Waals surface area contributed by atoms with Crippen molar-refractivity contribution in [3.8, 4) is 0 Å². The van der Waals surface area contributed by atoms with Gasteiger partial charge in [-0.15, -0.1) is 0 Å². The molecule has 74 valence electrons. The highest BCUT2D eigenvalue weighted by molar-refractivity contribution is 7.07. The fourth-order valence-electron chi connectivity index (χ4n) is 1.37. The van der Waals surface area contributed by atoms with Gasteiger partial charge in [-0.25, -0.2) is 0 Å². The predicted octanol–water partition coefficient (Wildman–Crippen LogP) is 2.17. The number of nitrogens with one attached hydrogen (secondary N) is 1. The SMILES string of the molecule is CC(C)C(CCc1ccsc1)NN. The summed E-state index contributed by atoms with van der Waals surface area (Å²) in [5.74, 6) is 6.07. The standard InChI is InChI=1S/C10H18N2S/c1-8(2)10(12-11)4-3-9-5-6-13-7-9/h5-8,10,12H,3-4,11H2,1-2H3. The minimum Gasteiger partial charge on any atom is -0.271 e. The van der Waals surface area contributed by atoms with Crippen LogP contribution in [0.1, 0.15) is 25.8 Å². The number of hydrazine groups is 1. The maximum Gasteiger partial charge on any atom is 0.0236 e. The third-order valence-corrected chi connectivity index (χ3v) is 3.07. The normalized spacial score (nSPS) is 13.5. The maximum absolute atomic E-state index is 5.47. The topological polar surface area (TPSA) is 38.0 Å². The average Bonchev–Trinajstić information content (AvgIpc) is 2.57. The van der Waals surface area contributed by atoms with Gasteiger partial charge in [-0.2, -0.15) is 11.3 Å². The van der Waals surface area contributed by atoms with Crippen LogP contribution in [0.3, 0.4) is 0 Å². The summed E-state index contributed by atoms with van der Waals surface area (Å²) in [6, 6.07) is 2.61. The molecule has 1 atom stereocenters. The molecule has 1 rings (SSSR count). The van der Waals surface area contributed by atoms with Gasteiger partial charge in [0.1, 0.15) is 0 Å². The quantitative estimate of drug-likeness (QED) is 0.562. The molecular weight excluding hydrogens is 180 g/mol. The minimum atomic E-state index is 0.430. The summed E-state index contributed by atoms with van der Waals surface area (Å²) in [4.78, 5) is 0. The number of rotatable bonds is 5. The third kappa shape index (κ3) is 3.46. The molecule has 1 aromatic rings. The van der Waals surface area contributed by atoms with E-state index in [2.05, 4.69) is 36.1 Å².